The van der Waals surface area contributed by atoms with Crippen molar-refractivity contribution in [1.29, 1.82) is 0 Å². The number of rotatable bonds is 5. The largest absolute Gasteiger partial charge is 0.481 e. The van der Waals surface area contributed by atoms with Gasteiger partial charge in [-0.3, -0.25) is 14.6 Å². The molecule has 0 unspecified atom stereocenters. The Morgan fingerprint density at radius 1 is 1.17 bits per heavy atom. The van der Waals surface area contributed by atoms with E-state index >= 15 is 0 Å². The van der Waals surface area contributed by atoms with Crippen LogP contribution in [-0.4, -0.2) is 51.2 Å². The van der Waals surface area contributed by atoms with Gasteiger partial charge in [-0.2, -0.15) is 0 Å². The van der Waals surface area contributed by atoms with Gasteiger partial charge in [0.05, 0.1) is 12.5 Å². The number of likely N-dealkylation sites (tertiary alicyclic amines) is 1. The Kier molecular flexibility index (Phi) is 5.98. The molecule has 154 valence electrons. The second kappa shape index (κ2) is 8.29. The molecule has 2 heterocycles. The van der Waals surface area contributed by atoms with Gasteiger partial charge in [0, 0.05) is 24.5 Å². The monoisotopic (exact) mass is 400 g/mol. The molecule has 7 heteroatoms. The van der Waals surface area contributed by atoms with E-state index in [4.69, 9.17) is 0 Å². The standard InChI is InChI=1S/C22H25FN2O4/c1-14-9-17(10-15(2)24-14)11-20(27)25-8-7-19(26)22(13-25,21(28)29)12-16-3-5-18(23)6-4-16/h3-6,9-10,19,26H,7-8,11-13H2,1-2H3,(H,28,29)/t19-,22-/m1/s1. The Balaban J connectivity index is 1.81. The molecule has 0 radical (unpaired) electrons. The Bertz CT molecular complexity index is 895. The molecule has 0 spiro atoms. The first-order valence-electron chi connectivity index (χ1n) is 9.57. The van der Waals surface area contributed by atoms with E-state index in [2.05, 4.69) is 4.98 Å². The van der Waals surface area contributed by atoms with Crippen LogP contribution >= 0.6 is 0 Å². The summed E-state index contributed by atoms with van der Waals surface area (Å²) < 4.78 is 13.2. The van der Waals surface area contributed by atoms with E-state index in [0.29, 0.717) is 12.1 Å². The molecule has 1 aliphatic heterocycles. The Labute approximate surface area is 169 Å². The molecular formula is C22H25FN2O4. The Morgan fingerprint density at radius 2 is 1.79 bits per heavy atom. The molecule has 29 heavy (non-hydrogen) atoms. The molecule has 2 N–H and O–H groups in total. The quantitative estimate of drug-likeness (QED) is 0.804. The second-order valence-electron chi connectivity index (χ2n) is 7.82. The zero-order chi connectivity index (χ0) is 21.2. The number of piperidine rings is 1. The van der Waals surface area contributed by atoms with E-state index in [0.717, 1.165) is 17.0 Å². The second-order valence-corrected chi connectivity index (χ2v) is 7.82. The summed E-state index contributed by atoms with van der Waals surface area (Å²) >= 11 is 0. The molecule has 0 saturated carbocycles. The minimum absolute atomic E-state index is 0.0149. The van der Waals surface area contributed by atoms with Crippen LogP contribution in [0, 0.1) is 25.1 Å². The van der Waals surface area contributed by atoms with Gasteiger partial charge in [0.15, 0.2) is 0 Å². The van der Waals surface area contributed by atoms with Crippen molar-refractivity contribution in [3.05, 3.63) is 64.7 Å². The molecule has 2 atom stereocenters. The summed E-state index contributed by atoms with van der Waals surface area (Å²) in [6.45, 7) is 3.91. The van der Waals surface area contributed by atoms with Crippen LogP contribution in [0.1, 0.15) is 28.9 Å². The zero-order valence-corrected chi connectivity index (χ0v) is 16.6. The van der Waals surface area contributed by atoms with E-state index in [1.165, 1.54) is 29.2 Å². The third-order valence-electron chi connectivity index (χ3n) is 5.49. The molecule has 1 aliphatic rings. The Hall–Kier alpha value is -2.80. The maximum atomic E-state index is 13.2. The lowest BCUT2D eigenvalue weighted by Crippen LogP contribution is -2.58. The number of carbonyl (C=O) groups is 2. The van der Waals surface area contributed by atoms with E-state index in [-0.39, 0.29) is 31.7 Å². The first-order valence-corrected chi connectivity index (χ1v) is 9.57. The molecule has 0 bridgehead atoms. The van der Waals surface area contributed by atoms with Crippen molar-refractivity contribution in [2.24, 2.45) is 5.41 Å². The number of benzene rings is 1. The molecule has 2 aromatic rings. The molecule has 1 aromatic heterocycles. The van der Waals surface area contributed by atoms with Gasteiger partial charge < -0.3 is 15.1 Å². The maximum Gasteiger partial charge on any atom is 0.314 e. The van der Waals surface area contributed by atoms with Gasteiger partial charge in [0.1, 0.15) is 11.2 Å². The number of aryl methyl sites for hydroxylation is 2. The smallest absolute Gasteiger partial charge is 0.314 e. The van der Waals surface area contributed by atoms with Crippen LogP contribution in [0.4, 0.5) is 4.39 Å². The summed E-state index contributed by atoms with van der Waals surface area (Å²) in [7, 11) is 0. The van der Waals surface area contributed by atoms with Gasteiger partial charge in [0.25, 0.3) is 0 Å². The number of carbonyl (C=O) groups excluding carboxylic acids is 1. The predicted octanol–water partition coefficient (Wildman–Crippen LogP) is 2.29. The highest BCUT2D eigenvalue weighted by molar-refractivity contribution is 5.82. The lowest BCUT2D eigenvalue weighted by atomic mass is 9.72. The van der Waals surface area contributed by atoms with Crippen molar-refractivity contribution in [3.8, 4) is 0 Å². The molecule has 1 aromatic carbocycles. The van der Waals surface area contributed by atoms with Crippen molar-refractivity contribution >= 4 is 11.9 Å². The minimum Gasteiger partial charge on any atom is -0.481 e. The summed E-state index contributed by atoms with van der Waals surface area (Å²) in [5.74, 6) is -1.77. The number of amides is 1. The molecule has 1 fully saturated rings. The number of aliphatic carboxylic acids is 1. The van der Waals surface area contributed by atoms with Gasteiger partial charge in [-0.15, -0.1) is 0 Å². The van der Waals surface area contributed by atoms with Gasteiger partial charge in [-0.1, -0.05) is 12.1 Å². The van der Waals surface area contributed by atoms with Crippen molar-refractivity contribution in [1.82, 2.24) is 9.88 Å². The fourth-order valence-corrected chi connectivity index (χ4v) is 4.03. The molecular weight excluding hydrogens is 375 g/mol. The first-order chi connectivity index (χ1) is 13.7. The number of aliphatic hydroxyl groups excluding tert-OH is 1. The number of hydrogen-bond donors (Lipinski definition) is 2. The summed E-state index contributed by atoms with van der Waals surface area (Å²) in [5, 5.41) is 20.5. The van der Waals surface area contributed by atoms with Crippen LogP contribution in [0.5, 0.6) is 0 Å². The van der Waals surface area contributed by atoms with Crippen molar-refractivity contribution < 1.29 is 24.2 Å². The van der Waals surface area contributed by atoms with Crippen LogP contribution in [0.3, 0.4) is 0 Å². The first kappa shape index (κ1) is 20.9. The van der Waals surface area contributed by atoms with Crippen LogP contribution in [-0.2, 0) is 22.4 Å². The number of carboxylic acids is 1. The zero-order valence-electron chi connectivity index (χ0n) is 16.6. The van der Waals surface area contributed by atoms with Crippen LogP contribution in [0.2, 0.25) is 0 Å². The number of pyridine rings is 1. The van der Waals surface area contributed by atoms with E-state index in [1.54, 1.807) is 0 Å². The average Bonchev–Trinajstić information content (AvgIpc) is 2.64. The number of halogens is 1. The highest BCUT2D eigenvalue weighted by atomic mass is 19.1. The fraction of sp³-hybridized carbons (Fsp3) is 0.409. The van der Waals surface area contributed by atoms with E-state index in [1.807, 2.05) is 26.0 Å². The number of aliphatic hydroxyl groups is 1. The summed E-state index contributed by atoms with van der Waals surface area (Å²) in [5.41, 5.74) is 1.53. The van der Waals surface area contributed by atoms with Crippen molar-refractivity contribution in [2.45, 2.75) is 39.2 Å². The van der Waals surface area contributed by atoms with Crippen LogP contribution in [0.25, 0.3) is 0 Å². The number of nitrogens with zero attached hydrogens (tertiary/aromatic N) is 2. The van der Waals surface area contributed by atoms with Gasteiger partial charge in [-0.05, 0) is 62.1 Å². The summed E-state index contributed by atoms with van der Waals surface area (Å²) in [6, 6.07) is 9.22. The normalized spacial score (nSPS) is 21.8. The van der Waals surface area contributed by atoms with Crippen molar-refractivity contribution in [2.75, 3.05) is 13.1 Å². The summed E-state index contributed by atoms with van der Waals surface area (Å²) in [4.78, 5) is 30.9. The highest BCUT2D eigenvalue weighted by Gasteiger charge is 2.50. The van der Waals surface area contributed by atoms with Gasteiger partial charge >= 0.3 is 5.97 Å². The number of hydrogen-bond acceptors (Lipinski definition) is 4. The SMILES string of the molecule is Cc1cc(CC(=O)N2CC[C@@H](O)[C@](Cc3ccc(F)cc3)(C(=O)O)C2)cc(C)n1. The average molecular weight is 400 g/mol. The van der Waals surface area contributed by atoms with Crippen LogP contribution in [0.15, 0.2) is 36.4 Å². The maximum absolute atomic E-state index is 13.2. The van der Waals surface area contributed by atoms with E-state index < -0.39 is 23.3 Å². The molecule has 1 amide bonds. The molecule has 1 saturated heterocycles. The van der Waals surface area contributed by atoms with Crippen molar-refractivity contribution in [3.63, 3.8) is 0 Å². The van der Waals surface area contributed by atoms with Crippen LogP contribution < -0.4 is 0 Å². The third-order valence-corrected chi connectivity index (χ3v) is 5.49. The molecule has 3 rings (SSSR count). The lowest BCUT2D eigenvalue weighted by Gasteiger charge is -2.43. The third kappa shape index (κ3) is 4.62. The molecule has 6 nitrogen and oxygen atoms in total. The van der Waals surface area contributed by atoms with Gasteiger partial charge in [0.2, 0.25) is 5.91 Å². The topological polar surface area (TPSA) is 90.7 Å². The lowest BCUT2D eigenvalue weighted by molar-refractivity contribution is -0.165. The number of aromatic nitrogens is 1. The Morgan fingerprint density at radius 3 is 2.38 bits per heavy atom. The summed E-state index contributed by atoms with van der Waals surface area (Å²) in [6.07, 6.45) is -0.763. The van der Waals surface area contributed by atoms with E-state index in [9.17, 15) is 24.2 Å². The van der Waals surface area contributed by atoms with Gasteiger partial charge in [-0.25, -0.2) is 4.39 Å². The molecule has 0 aliphatic carbocycles. The highest BCUT2D eigenvalue weighted by Crippen LogP contribution is 2.35. The fourth-order valence-electron chi connectivity index (χ4n) is 4.03. The predicted molar refractivity (Wildman–Crippen MR) is 105 cm³/mol. The minimum atomic E-state index is -1.53. The number of carboxylic acid groups (broad SMARTS) is 1.